The average Bonchev–Trinajstić information content (AvgIpc) is 2.86. The van der Waals surface area contributed by atoms with Crippen LogP contribution in [-0.2, 0) is 17.6 Å². The Bertz CT molecular complexity index is 721. The van der Waals surface area contributed by atoms with Crippen molar-refractivity contribution in [3.05, 3.63) is 45.4 Å². The van der Waals surface area contributed by atoms with Gasteiger partial charge in [-0.1, -0.05) is 0 Å². The molecule has 1 aliphatic carbocycles. The molecule has 1 unspecified atom stereocenters. The Hall–Kier alpha value is -2.21. The maximum atomic E-state index is 12.4. The summed E-state index contributed by atoms with van der Waals surface area (Å²) in [7, 11) is 0. The van der Waals surface area contributed by atoms with Gasteiger partial charge >= 0.3 is 0 Å². The first-order chi connectivity index (χ1) is 10.5. The highest BCUT2D eigenvalue weighted by atomic mass is 32.1. The smallest absolute Gasteiger partial charge is 0.248 e. The second-order valence-electron chi connectivity index (χ2n) is 5.47. The Morgan fingerprint density at radius 3 is 2.73 bits per heavy atom. The molecule has 5 nitrogen and oxygen atoms in total. The van der Waals surface area contributed by atoms with Gasteiger partial charge < -0.3 is 11.1 Å². The van der Waals surface area contributed by atoms with E-state index in [-0.39, 0.29) is 11.8 Å². The van der Waals surface area contributed by atoms with E-state index in [2.05, 4.69) is 10.3 Å². The summed E-state index contributed by atoms with van der Waals surface area (Å²) in [5.41, 5.74) is 7.46. The van der Waals surface area contributed by atoms with Gasteiger partial charge in [-0.15, -0.1) is 11.3 Å². The zero-order chi connectivity index (χ0) is 15.7. The second kappa shape index (κ2) is 5.88. The summed E-state index contributed by atoms with van der Waals surface area (Å²) in [6.45, 7) is 2.00. The number of rotatable bonds is 3. The van der Waals surface area contributed by atoms with Crippen LogP contribution in [0.15, 0.2) is 24.3 Å². The van der Waals surface area contributed by atoms with E-state index in [0.717, 1.165) is 30.0 Å². The highest BCUT2D eigenvalue weighted by Gasteiger charge is 2.27. The van der Waals surface area contributed by atoms with Crippen LogP contribution in [0.4, 0.5) is 5.69 Å². The van der Waals surface area contributed by atoms with Crippen LogP contribution < -0.4 is 11.1 Å². The predicted octanol–water partition coefficient (Wildman–Crippen LogP) is 2.29. The molecule has 2 amide bonds. The molecule has 1 aromatic heterocycles. The van der Waals surface area contributed by atoms with Crippen LogP contribution in [0.5, 0.6) is 0 Å². The molecule has 0 radical (unpaired) electrons. The van der Waals surface area contributed by atoms with Crippen LogP contribution in [0.2, 0.25) is 0 Å². The maximum absolute atomic E-state index is 12.4. The van der Waals surface area contributed by atoms with E-state index in [1.807, 2.05) is 6.92 Å². The maximum Gasteiger partial charge on any atom is 0.248 e. The molecule has 3 N–H and O–H groups in total. The molecule has 0 aliphatic heterocycles. The van der Waals surface area contributed by atoms with Gasteiger partial charge in [0.05, 0.1) is 10.7 Å². The Morgan fingerprint density at radius 1 is 1.32 bits per heavy atom. The fraction of sp³-hybridized carbons (Fsp3) is 0.312. The van der Waals surface area contributed by atoms with E-state index < -0.39 is 5.91 Å². The third-order valence-electron chi connectivity index (χ3n) is 3.85. The number of nitrogens with one attached hydrogen (secondary N) is 1. The summed E-state index contributed by atoms with van der Waals surface area (Å²) >= 11 is 1.68. The fourth-order valence-electron chi connectivity index (χ4n) is 2.69. The van der Waals surface area contributed by atoms with Crippen LogP contribution in [0.3, 0.4) is 0 Å². The molecule has 0 fully saturated rings. The number of carbonyl (C=O) groups excluding carboxylic acids is 2. The molecule has 3 rings (SSSR count). The van der Waals surface area contributed by atoms with Crippen LogP contribution in [0.25, 0.3) is 0 Å². The van der Waals surface area contributed by atoms with Crippen LogP contribution >= 0.6 is 11.3 Å². The van der Waals surface area contributed by atoms with Gasteiger partial charge in [-0.2, -0.15) is 0 Å². The minimum Gasteiger partial charge on any atom is -0.366 e. The summed E-state index contributed by atoms with van der Waals surface area (Å²) < 4.78 is 0. The van der Waals surface area contributed by atoms with E-state index in [4.69, 9.17) is 5.73 Å². The molecule has 22 heavy (non-hydrogen) atoms. The average molecular weight is 315 g/mol. The van der Waals surface area contributed by atoms with Gasteiger partial charge in [0.2, 0.25) is 11.8 Å². The normalized spacial score (nSPS) is 16.9. The first-order valence-corrected chi connectivity index (χ1v) is 8.00. The van der Waals surface area contributed by atoms with Crippen molar-refractivity contribution in [2.75, 3.05) is 5.32 Å². The standard InChI is InChI=1S/C16H17N3O2S/c1-9-18-13-7-4-11(8-14(13)22-9)16(21)19-12-5-2-10(3-6-12)15(17)20/h2-3,5-6,11H,4,7-8H2,1H3,(H2,17,20)(H,19,21). The summed E-state index contributed by atoms with van der Waals surface area (Å²) in [6.07, 6.45) is 2.44. The first-order valence-electron chi connectivity index (χ1n) is 7.19. The quantitative estimate of drug-likeness (QED) is 0.911. The predicted molar refractivity (Wildman–Crippen MR) is 86.0 cm³/mol. The lowest BCUT2D eigenvalue weighted by atomic mass is 9.90. The number of primary amides is 1. The number of nitrogens with two attached hydrogens (primary N) is 1. The molecule has 1 aliphatic rings. The van der Waals surface area contributed by atoms with Crippen LogP contribution in [-0.4, -0.2) is 16.8 Å². The summed E-state index contributed by atoms with van der Waals surface area (Å²) in [5, 5.41) is 3.97. The SMILES string of the molecule is Cc1nc2c(s1)CC(C(=O)Nc1ccc(C(N)=O)cc1)CC2. The van der Waals surface area contributed by atoms with Gasteiger partial charge in [-0.25, -0.2) is 4.98 Å². The number of thiazole rings is 1. The minimum atomic E-state index is -0.474. The first kappa shape index (κ1) is 14.7. The van der Waals surface area contributed by atoms with Crippen molar-refractivity contribution in [3.8, 4) is 0 Å². The molecule has 1 atom stereocenters. The van der Waals surface area contributed by atoms with E-state index in [1.54, 1.807) is 35.6 Å². The van der Waals surface area contributed by atoms with Crippen LogP contribution in [0, 0.1) is 12.8 Å². The molecule has 0 spiro atoms. The molecular formula is C16H17N3O2S. The number of aromatic nitrogens is 1. The molecular weight excluding hydrogens is 298 g/mol. The third-order valence-corrected chi connectivity index (χ3v) is 4.89. The number of aryl methyl sites for hydroxylation is 2. The Kier molecular flexibility index (Phi) is 3.94. The number of carbonyl (C=O) groups is 2. The lowest BCUT2D eigenvalue weighted by Crippen LogP contribution is -2.27. The third kappa shape index (κ3) is 3.01. The number of fused-ring (bicyclic) bond motifs is 1. The topological polar surface area (TPSA) is 85.1 Å². The van der Waals surface area contributed by atoms with Crippen molar-refractivity contribution in [1.29, 1.82) is 0 Å². The molecule has 0 saturated carbocycles. The Balaban J connectivity index is 1.66. The zero-order valence-electron chi connectivity index (χ0n) is 12.3. The van der Waals surface area contributed by atoms with Crippen LogP contribution in [0.1, 0.15) is 32.4 Å². The van der Waals surface area contributed by atoms with E-state index in [0.29, 0.717) is 11.3 Å². The largest absolute Gasteiger partial charge is 0.366 e. The summed E-state index contributed by atoms with van der Waals surface area (Å²) in [5.74, 6) is -0.482. The van der Waals surface area contributed by atoms with Gasteiger partial charge in [0, 0.05) is 22.0 Å². The second-order valence-corrected chi connectivity index (χ2v) is 6.76. The van der Waals surface area contributed by atoms with E-state index in [9.17, 15) is 9.59 Å². The van der Waals surface area contributed by atoms with Crippen molar-refractivity contribution < 1.29 is 9.59 Å². The van der Waals surface area contributed by atoms with E-state index in [1.165, 1.54) is 4.88 Å². The van der Waals surface area contributed by atoms with Crippen molar-refractivity contribution >= 4 is 28.8 Å². The minimum absolute atomic E-state index is 0.0172. The highest BCUT2D eigenvalue weighted by molar-refractivity contribution is 7.11. The molecule has 0 saturated heterocycles. The van der Waals surface area contributed by atoms with Gasteiger partial charge in [-0.05, 0) is 50.5 Å². The van der Waals surface area contributed by atoms with Gasteiger partial charge in [-0.3, -0.25) is 9.59 Å². The number of nitrogens with zero attached hydrogens (tertiary/aromatic N) is 1. The lowest BCUT2D eigenvalue weighted by molar-refractivity contribution is -0.120. The zero-order valence-corrected chi connectivity index (χ0v) is 13.1. The Labute approximate surface area is 132 Å². The molecule has 1 heterocycles. The number of hydrogen-bond acceptors (Lipinski definition) is 4. The van der Waals surface area contributed by atoms with Gasteiger partial charge in [0.25, 0.3) is 0 Å². The highest BCUT2D eigenvalue weighted by Crippen LogP contribution is 2.30. The summed E-state index contributed by atoms with van der Waals surface area (Å²) in [4.78, 5) is 29.1. The molecule has 114 valence electrons. The molecule has 1 aromatic carbocycles. The monoisotopic (exact) mass is 315 g/mol. The van der Waals surface area contributed by atoms with Crippen molar-refractivity contribution in [1.82, 2.24) is 4.98 Å². The lowest BCUT2D eigenvalue weighted by Gasteiger charge is -2.20. The fourth-order valence-corrected chi connectivity index (χ4v) is 3.75. The summed E-state index contributed by atoms with van der Waals surface area (Å²) in [6, 6.07) is 6.62. The molecule has 2 aromatic rings. The number of benzene rings is 1. The molecule has 0 bridgehead atoms. The number of anilines is 1. The van der Waals surface area contributed by atoms with Crippen molar-refractivity contribution in [3.63, 3.8) is 0 Å². The number of amides is 2. The van der Waals surface area contributed by atoms with E-state index >= 15 is 0 Å². The molecule has 6 heteroatoms. The van der Waals surface area contributed by atoms with Crippen molar-refractivity contribution in [2.24, 2.45) is 11.7 Å². The van der Waals surface area contributed by atoms with Crippen molar-refractivity contribution in [2.45, 2.75) is 26.2 Å². The Morgan fingerprint density at radius 2 is 2.05 bits per heavy atom. The van der Waals surface area contributed by atoms with Gasteiger partial charge in [0.1, 0.15) is 0 Å². The van der Waals surface area contributed by atoms with Gasteiger partial charge in [0.15, 0.2) is 0 Å². The number of hydrogen-bond donors (Lipinski definition) is 2.